The van der Waals surface area contributed by atoms with Gasteiger partial charge in [0.1, 0.15) is 6.10 Å². The summed E-state index contributed by atoms with van der Waals surface area (Å²) in [4.78, 5) is 59.7. The number of methoxy groups -OCH3 is 2. The number of ether oxygens (including phenoxy) is 7. The predicted molar refractivity (Wildman–Crippen MR) is 107 cm³/mol. The van der Waals surface area contributed by atoms with Crippen LogP contribution in [0.15, 0.2) is 0 Å². The molecule has 1 fully saturated rings. The van der Waals surface area contributed by atoms with Crippen molar-refractivity contribution in [2.24, 2.45) is 5.92 Å². The Labute approximate surface area is 191 Å². The summed E-state index contributed by atoms with van der Waals surface area (Å²) >= 11 is 0. The minimum absolute atomic E-state index is 0.0197. The summed E-state index contributed by atoms with van der Waals surface area (Å²) in [5, 5.41) is 0. The van der Waals surface area contributed by atoms with Gasteiger partial charge in [0, 0.05) is 33.6 Å². The molecule has 0 spiro atoms. The predicted octanol–water partition coefficient (Wildman–Crippen LogP) is -0.101. The van der Waals surface area contributed by atoms with E-state index in [0.29, 0.717) is 0 Å². The molecule has 0 aromatic rings. The standard InChI is InChI=1S/C21H28O12/c1-7-8-9-29-21-18(32-13(4)24)17(31-12(3)23)16(30-11(2)22)15(33-21)10-14(19(25)27-5)20(26)28-6/h1,14-18,21H,8-10H2,2-6H3. The molecule has 0 saturated carbocycles. The van der Waals surface area contributed by atoms with E-state index in [1.807, 2.05) is 0 Å². The molecule has 0 aliphatic carbocycles. The van der Waals surface area contributed by atoms with Crippen LogP contribution in [0.25, 0.3) is 0 Å². The van der Waals surface area contributed by atoms with Crippen LogP contribution in [0.4, 0.5) is 0 Å². The molecule has 1 saturated heterocycles. The van der Waals surface area contributed by atoms with E-state index in [4.69, 9.17) is 30.1 Å². The zero-order chi connectivity index (χ0) is 25.1. The van der Waals surface area contributed by atoms with Gasteiger partial charge in [0.05, 0.1) is 20.8 Å². The fourth-order valence-corrected chi connectivity index (χ4v) is 3.22. The van der Waals surface area contributed by atoms with Crippen molar-refractivity contribution in [2.45, 2.75) is 64.3 Å². The summed E-state index contributed by atoms with van der Waals surface area (Å²) in [6, 6.07) is 0. The van der Waals surface area contributed by atoms with Crippen molar-refractivity contribution in [2.75, 3.05) is 20.8 Å². The fraction of sp³-hybridized carbons (Fsp3) is 0.667. The number of esters is 5. The Hall–Kier alpha value is -3.17. The molecule has 184 valence electrons. The van der Waals surface area contributed by atoms with Crippen LogP contribution in [-0.4, -0.2) is 81.4 Å². The van der Waals surface area contributed by atoms with Crippen molar-refractivity contribution < 1.29 is 57.1 Å². The Morgan fingerprint density at radius 1 is 0.848 bits per heavy atom. The molecule has 1 aliphatic rings. The van der Waals surface area contributed by atoms with Gasteiger partial charge < -0.3 is 33.2 Å². The van der Waals surface area contributed by atoms with Crippen LogP contribution in [-0.2, 0) is 57.1 Å². The Morgan fingerprint density at radius 3 is 1.79 bits per heavy atom. The molecule has 0 amide bonds. The van der Waals surface area contributed by atoms with E-state index in [1.165, 1.54) is 0 Å². The van der Waals surface area contributed by atoms with Gasteiger partial charge in [0.2, 0.25) is 0 Å². The van der Waals surface area contributed by atoms with Gasteiger partial charge in [0.25, 0.3) is 0 Å². The second-order valence-corrected chi connectivity index (χ2v) is 6.92. The van der Waals surface area contributed by atoms with Crippen molar-refractivity contribution in [1.29, 1.82) is 0 Å². The maximum Gasteiger partial charge on any atom is 0.320 e. The summed E-state index contributed by atoms with van der Waals surface area (Å²) in [5.74, 6) is -3.28. The molecule has 1 aliphatic heterocycles. The number of carbonyl (C=O) groups excluding carboxylic acids is 5. The van der Waals surface area contributed by atoms with Crippen LogP contribution in [0, 0.1) is 18.3 Å². The van der Waals surface area contributed by atoms with Crippen LogP contribution in [0.5, 0.6) is 0 Å². The van der Waals surface area contributed by atoms with Gasteiger partial charge in [-0.3, -0.25) is 24.0 Å². The average molecular weight is 472 g/mol. The van der Waals surface area contributed by atoms with Gasteiger partial charge in [0.15, 0.2) is 30.5 Å². The van der Waals surface area contributed by atoms with E-state index in [1.54, 1.807) is 0 Å². The van der Waals surface area contributed by atoms with Crippen molar-refractivity contribution in [3.8, 4) is 12.3 Å². The second-order valence-electron chi connectivity index (χ2n) is 6.92. The Balaban J connectivity index is 3.45. The lowest BCUT2D eigenvalue weighted by Gasteiger charge is -2.44. The van der Waals surface area contributed by atoms with E-state index in [-0.39, 0.29) is 13.0 Å². The fourth-order valence-electron chi connectivity index (χ4n) is 3.22. The molecule has 12 nitrogen and oxygen atoms in total. The van der Waals surface area contributed by atoms with Crippen molar-refractivity contribution in [3.63, 3.8) is 0 Å². The normalized spacial score (nSPS) is 24.2. The second kappa shape index (κ2) is 13.4. The highest BCUT2D eigenvalue weighted by Crippen LogP contribution is 2.33. The molecular formula is C21H28O12. The lowest BCUT2D eigenvalue weighted by Crippen LogP contribution is -2.62. The number of terminal acetylenes is 1. The third-order valence-corrected chi connectivity index (χ3v) is 4.47. The monoisotopic (exact) mass is 472 g/mol. The summed E-state index contributed by atoms with van der Waals surface area (Å²) in [5.41, 5.74) is 0. The van der Waals surface area contributed by atoms with Gasteiger partial charge in [-0.2, -0.15) is 0 Å². The zero-order valence-corrected chi connectivity index (χ0v) is 19.1. The van der Waals surface area contributed by atoms with Crippen molar-refractivity contribution >= 4 is 29.8 Å². The summed E-state index contributed by atoms with van der Waals surface area (Å²) in [6.45, 7) is 3.28. The Morgan fingerprint density at radius 2 is 1.33 bits per heavy atom. The highest BCUT2D eigenvalue weighted by atomic mass is 16.7. The molecule has 0 bridgehead atoms. The first kappa shape index (κ1) is 27.9. The number of carbonyl (C=O) groups is 5. The van der Waals surface area contributed by atoms with E-state index < -0.39 is 72.9 Å². The largest absolute Gasteiger partial charge is 0.468 e. The molecular weight excluding hydrogens is 444 g/mol. The molecule has 33 heavy (non-hydrogen) atoms. The third-order valence-electron chi connectivity index (χ3n) is 4.47. The Bertz CT molecular complexity index is 754. The summed E-state index contributed by atoms with van der Waals surface area (Å²) < 4.78 is 36.6. The summed E-state index contributed by atoms with van der Waals surface area (Å²) in [7, 11) is 2.15. The highest BCUT2D eigenvalue weighted by molar-refractivity contribution is 5.94. The SMILES string of the molecule is C#CCCOC1OC(CC(C(=O)OC)C(=O)OC)C(OC(C)=O)C(OC(C)=O)C1OC(C)=O. The highest BCUT2D eigenvalue weighted by Gasteiger charge is 2.53. The quantitative estimate of drug-likeness (QED) is 0.137. The molecule has 0 N–H and O–H groups in total. The number of hydrogen-bond acceptors (Lipinski definition) is 12. The van der Waals surface area contributed by atoms with Crippen LogP contribution in [0.2, 0.25) is 0 Å². The van der Waals surface area contributed by atoms with Gasteiger partial charge in [-0.1, -0.05) is 0 Å². The van der Waals surface area contributed by atoms with Crippen molar-refractivity contribution in [1.82, 2.24) is 0 Å². The van der Waals surface area contributed by atoms with E-state index in [2.05, 4.69) is 15.4 Å². The number of rotatable bonds is 10. The minimum Gasteiger partial charge on any atom is -0.468 e. The number of hydrogen-bond donors (Lipinski definition) is 0. The Kier molecular flexibility index (Phi) is 11.3. The third kappa shape index (κ3) is 8.36. The van der Waals surface area contributed by atoms with Crippen LogP contribution >= 0.6 is 0 Å². The molecule has 0 aromatic carbocycles. The molecule has 5 atom stereocenters. The first-order chi connectivity index (χ1) is 15.5. The topological polar surface area (TPSA) is 150 Å². The molecule has 12 heteroatoms. The lowest BCUT2D eigenvalue weighted by molar-refractivity contribution is -0.305. The molecule has 0 radical (unpaired) electrons. The van der Waals surface area contributed by atoms with Gasteiger partial charge in [-0.05, 0) is 0 Å². The maximum atomic E-state index is 12.2. The van der Waals surface area contributed by atoms with E-state index in [9.17, 15) is 24.0 Å². The lowest BCUT2D eigenvalue weighted by atomic mass is 9.90. The molecule has 1 rings (SSSR count). The van der Waals surface area contributed by atoms with Crippen LogP contribution in [0.3, 0.4) is 0 Å². The minimum atomic E-state index is -1.46. The molecule has 1 heterocycles. The first-order valence-electron chi connectivity index (χ1n) is 9.93. The average Bonchev–Trinajstić information content (AvgIpc) is 2.74. The van der Waals surface area contributed by atoms with E-state index in [0.717, 1.165) is 35.0 Å². The van der Waals surface area contributed by atoms with Gasteiger partial charge >= 0.3 is 29.8 Å². The van der Waals surface area contributed by atoms with Gasteiger partial charge in [-0.15, -0.1) is 12.3 Å². The van der Waals surface area contributed by atoms with Crippen molar-refractivity contribution in [3.05, 3.63) is 0 Å². The van der Waals surface area contributed by atoms with Crippen LogP contribution in [0.1, 0.15) is 33.6 Å². The zero-order valence-electron chi connectivity index (χ0n) is 19.1. The van der Waals surface area contributed by atoms with E-state index >= 15 is 0 Å². The molecule has 0 aromatic heterocycles. The first-order valence-corrected chi connectivity index (χ1v) is 9.93. The maximum absolute atomic E-state index is 12.2. The smallest absolute Gasteiger partial charge is 0.320 e. The van der Waals surface area contributed by atoms with Gasteiger partial charge in [-0.25, -0.2) is 0 Å². The molecule has 5 unspecified atom stereocenters. The van der Waals surface area contributed by atoms with Crippen LogP contribution < -0.4 is 0 Å². The summed E-state index contributed by atoms with van der Waals surface area (Å²) in [6.07, 6.45) is -1.66.